The van der Waals surface area contributed by atoms with Gasteiger partial charge in [0.15, 0.2) is 0 Å². The quantitative estimate of drug-likeness (QED) is 0.575. The number of nitrogens with one attached hydrogen (secondary N) is 1. The van der Waals surface area contributed by atoms with Crippen molar-refractivity contribution in [2.45, 2.75) is 17.7 Å². The Morgan fingerprint density at radius 1 is 1.19 bits per heavy atom. The van der Waals surface area contributed by atoms with Crippen molar-refractivity contribution in [1.29, 1.82) is 0 Å². The number of nitrogens with zero attached hydrogens (tertiary/aromatic N) is 4. The SMILES string of the molecule is CN1CCN(S(=O)(=O)c2cccc(NC(=O)CCc3nc(-c4cccs4)no3)c2)CC1. The van der Waals surface area contributed by atoms with E-state index in [1.165, 1.54) is 21.7 Å². The van der Waals surface area contributed by atoms with Crippen LogP contribution in [0.4, 0.5) is 5.69 Å². The number of thiophene rings is 1. The molecule has 4 rings (SSSR count). The zero-order chi connectivity index (χ0) is 21.8. The first-order valence-corrected chi connectivity index (χ1v) is 12.2. The number of hydrogen-bond acceptors (Lipinski definition) is 8. The van der Waals surface area contributed by atoms with E-state index in [1.54, 1.807) is 18.2 Å². The Balaban J connectivity index is 1.36. The van der Waals surface area contributed by atoms with Gasteiger partial charge in [-0.25, -0.2) is 8.42 Å². The molecule has 0 spiro atoms. The summed E-state index contributed by atoms with van der Waals surface area (Å²) in [5.74, 6) is 0.627. The molecule has 0 radical (unpaired) electrons. The van der Waals surface area contributed by atoms with Gasteiger partial charge in [0.2, 0.25) is 27.6 Å². The fraction of sp³-hybridized carbons (Fsp3) is 0.350. The monoisotopic (exact) mass is 461 g/mol. The number of piperazine rings is 1. The lowest BCUT2D eigenvalue weighted by molar-refractivity contribution is -0.116. The highest BCUT2D eigenvalue weighted by Gasteiger charge is 2.27. The second-order valence-electron chi connectivity index (χ2n) is 7.27. The van der Waals surface area contributed by atoms with Crippen molar-refractivity contribution in [3.8, 4) is 10.7 Å². The van der Waals surface area contributed by atoms with E-state index in [9.17, 15) is 13.2 Å². The highest BCUT2D eigenvalue weighted by molar-refractivity contribution is 7.89. The summed E-state index contributed by atoms with van der Waals surface area (Å²) >= 11 is 1.51. The third kappa shape index (κ3) is 5.18. The maximum Gasteiger partial charge on any atom is 0.243 e. The number of carbonyl (C=O) groups is 1. The van der Waals surface area contributed by atoms with Crippen LogP contribution in [0.5, 0.6) is 0 Å². The number of rotatable bonds is 7. The number of anilines is 1. The first-order chi connectivity index (χ1) is 14.9. The van der Waals surface area contributed by atoms with Gasteiger partial charge in [0, 0.05) is 44.7 Å². The first kappa shape index (κ1) is 21.6. The summed E-state index contributed by atoms with van der Waals surface area (Å²) in [6.07, 6.45) is 0.436. The maximum atomic E-state index is 12.9. The van der Waals surface area contributed by atoms with Crippen LogP contribution in [0.15, 0.2) is 51.2 Å². The minimum absolute atomic E-state index is 0.140. The van der Waals surface area contributed by atoms with Gasteiger partial charge in [-0.05, 0) is 36.7 Å². The van der Waals surface area contributed by atoms with Gasteiger partial charge in [0.25, 0.3) is 0 Å². The molecule has 164 valence electrons. The van der Waals surface area contributed by atoms with E-state index in [-0.39, 0.29) is 17.2 Å². The third-order valence-electron chi connectivity index (χ3n) is 4.99. The van der Waals surface area contributed by atoms with Gasteiger partial charge in [-0.2, -0.15) is 9.29 Å². The molecular weight excluding hydrogens is 438 g/mol. The van der Waals surface area contributed by atoms with E-state index in [0.717, 1.165) is 4.88 Å². The van der Waals surface area contributed by atoms with E-state index < -0.39 is 10.0 Å². The lowest BCUT2D eigenvalue weighted by atomic mass is 10.2. The van der Waals surface area contributed by atoms with E-state index in [1.807, 2.05) is 24.6 Å². The average Bonchev–Trinajstić information content (AvgIpc) is 3.45. The summed E-state index contributed by atoms with van der Waals surface area (Å²) in [6, 6.07) is 10.1. The molecule has 0 saturated carbocycles. The molecule has 1 N–H and O–H groups in total. The van der Waals surface area contributed by atoms with Crippen molar-refractivity contribution in [3.63, 3.8) is 0 Å². The van der Waals surface area contributed by atoms with Gasteiger partial charge in [-0.15, -0.1) is 11.3 Å². The van der Waals surface area contributed by atoms with Crippen LogP contribution in [0.25, 0.3) is 10.7 Å². The molecule has 0 unspecified atom stereocenters. The number of likely N-dealkylation sites (N-methyl/N-ethyl adjacent to an activating group) is 1. The number of hydrogen-bond donors (Lipinski definition) is 1. The Morgan fingerprint density at radius 2 is 2.00 bits per heavy atom. The van der Waals surface area contributed by atoms with Crippen molar-refractivity contribution in [2.24, 2.45) is 0 Å². The normalized spacial score (nSPS) is 15.8. The molecule has 1 saturated heterocycles. The zero-order valence-corrected chi connectivity index (χ0v) is 18.7. The summed E-state index contributed by atoms with van der Waals surface area (Å²) < 4.78 is 32.5. The van der Waals surface area contributed by atoms with E-state index in [2.05, 4.69) is 20.4 Å². The molecule has 3 aromatic rings. The van der Waals surface area contributed by atoms with Crippen molar-refractivity contribution >= 4 is 33.0 Å². The van der Waals surface area contributed by atoms with Gasteiger partial charge >= 0.3 is 0 Å². The Hall–Kier alpha value is -2.60. The standard InChI is InChI=1S/C20H23N5O4S2/c1-24-9-11-25(12-10-24)31(27,28)16-5-2-4-15(14-16)21-18(26)7-8-19-22-20(23-29-19)17-6-3-13-30-17/h2-6,13-14H,7-12H2,1H3,(H,21,26). The van der Waals surface area contributed by atoms with Crippen LogP contribution < -0.4 is 5.32 Å². The number of sulfonamides is 1. The van der Waals surface area contributed by atoms with E-state index in [0.29, 0.717) is 50.0 Å². The fourth-order valence-electron chi connectivity index (χ4n) is 3.22. The molecule has 9 nitrogen and oxygen atoms in total. The molecule has 0 bridgehead atoms. The minimum atomic E-state index is -3.59. The molecule has 1 aliphatic heterocycles. The number of carbonyl (C=O) groups excluding carboxylic acids is 1. The van der Waals surface area contributed by atoms with Crippen molar-refractivity contribution in [1.82, 2.24) is 19.3 Å². The second-order valence-corrected chi connectivity index (χ2v) is 10.2. The number of aromatic nitrogens is 2. The van der Waals surface area contributed by atoms with Gasteiger partial charge in [-0.1, -0.05) is 17.3 Å². The summed E-state index contributed by atoms with van der Waals surface area (Å²) in [5.41, 5.74) is 0.435. The average molecular weight is 462 g/mol. The van der Waals surface area contributed by atoms with Crippen LogP contribution in [-0.2, 0) is 21.2 Å². The molecule has 3 heterocycles. The Kier molecular flexibility index (Phi) is 6.46. The van der Waals surface area contributed by atoms with Crippen molar-refractivity contribution in [3.05, 3.63) is 47.7 Å². The molecule has 2 aromatic heterocycles. The Bertz CT molecular complexity index is 1140. The molecule has 1 fully saturated rings. The number of benzene rings is 1. The largest absolute Gasteiger partial charge is 0.339 e. The van der Waals surface area contributed by atoms with Crippen molar-refractivity contribution < 1.29 is 17.7 Å². The molecule has 0 aliphatic carbocycles. The predicted octanol–water partition coefficient (Wildman–Crippen LogP) is 2.31. The summed E-state index contributed by atoms with van der Waals surface area (Å²) in [5, 5.41) is 8.61. The van der Waals surface area contributed by atoms with Crippen molar-refractivity contribution in [2.75, 3.05) is 38.5 Å². The number of amides is 1. The zero-order valence-electron chi connectivity index (χ0n) is 17.0. The Morgan fingerprint density at radius 3 is 2.74 bits per heavy atom. The van der Waals surface area contributed by atoms with Crippen LogP contribution in [0.2, 0.25) is 0 Å². The summed E-state index contributed by atoms with van der Waals surface area (Å²) in [4.78, 5) is 19.8. The van der Waals surface area contributed by atoms with Crippen LogP contribution in [0.1, 0.15) is 12.3 Å². The number of aryl methyl sites for hydroxylation is 1. The summed E-state index contributed by atoms with van der Waals surface area (Å²) in [6.45, 7) is 2.29. The van der Waals surface area contributed by atoms with E-state index >= 15 is 0 Å². The van der Waals surface area contributed by atoms with Crippen LogP contribution >= 0.6 is 11.3 Å². The lowest BCUT2D eigenvalue weighted by Gasteiger charge is -2.31. The Labute approximate surface area is 184 Å². The minimum Gasteiger partial charge on any atom is -0.339 e. The van der Waals surface area contributed by atoms with Crippen LogP contribution in [0.3, 0.4) is 0 Å². The van der Waals surface area contributed by atoms with Gasteiger partial charge in [0.1, 0.15) is 0 Å². The molecule has 1 aliphatic rings. The topological polar surface area (TPSA) is 109 Å². The smallest absolute Gasteiger partial charge is 0.243 e. The summed E-state index contributed by atoms with van der Waals surface area (Å²) in [7, 11) is -1.63. The molecule has 0 atom stereocenters. The van der Waals surface area contributed by atoms with Gasteiger partial charge in [-0.3, -0.25) is 4.79 Å². The van der Waals surface area contributed by atoms with Crippen LogP contribution in [0, 0.1) is 0 Å². The lowest BCUT2D eigenvalue weighted by Crippen LogP contribution is -2.47. The van der Waals surface area contributed by atoms with Gasteiger partial charge < -0.3 is 14.7 Å². The second kappa shape index (κ2) is 9.27. The van der Waals surface area contributed by atoms with Gasteiger partial charge in [0.05, 0.1) is 9.77 Å². The molecular formula is C20H23N5O4S2. The maximum absolute atomic E-state index is 12.9. The highest BCUT2D eigenvalue weighted by Crippen LogP contribution is 2.22. The predicted molar refractivity (Wildman–Crippen MR) is 117 cm³/mol. The van der Waals surface area contributed by atoms with Crippen LogP contribution in [-0.4, -0.2) is 66.9 Å². The molecule has 1 amide bonds. The molecule has 1 aromatic carbocycles. The third-order valence-corrected chi connectivity index (χ3v) is 7.75. The fourth-order valence-corrected chi connectivity index (χ4v) is 5.34. The first-order valence-electron chi connectivity index (χ1n) is 9.87. The van der Waals surface area contributed by atoms with E-state index in [4.69, 9.17) is 4.52 Å². The highest BCUT2D eigenvalue weighted by atomic mass is 32.2. The molecule has 31 heavy (non-hydrogen) atoms. The molecule has 11 heteroatoms.